The highest BCUT2D eigenvalue weighted by Gasteiger charge is 2.34. The zero-order valence-electron chi connectivity index (χ0n) is 6.90. The molecule has 0 bridgehead atoms. The van der Waals surface area contributed by atoms with Crippen molar-refractivity contribution in [2.24, 2.45) is 5.73 Å². The molecule has 13 heavy (non-hydrogen) atoms. The lowest BCUT2D eigenvalue weighted by Crippen LogP contribution is -2.61. The number of carbonyl (C=O) groups excluding carboxylic acids is 1. The monoisotopic (exact) mass is 288 g/mol. The Labute approximate surface area is 90.0 Å². The molecule has 2 N–H and O–H groups in total. The van der Waals surface area contributed by atoms with E-state index in [0.717, 1.165) is 5.69 Å². The molecule has 2 rings (SSSR count). The molecule has 1 aliphatic rings. The van der Waals surface area contributed by atoms with Crippen molar-refractivity contribution in [3.8, 4) is 0 Å². The maximum atomic E-state index is 11.2. The Kier molecular flexibility index (Phi) is 2.25. The van der Waals surface area contributed by atoms with E-state index in [2.05, 4.69) is 22.6 Å². The fraction of sp³-hybridized carbons (Fsp3) is 0.222. The molecular formula is C9H9IN2O. The molecule has 0 saturated carbocycles. The minimum absolute atomic E-state index is 0.0150. The molecule has 0 radical (unpaired) electrons. The lowest BCUT2D eigenvalue weighted by molar-refractivity contribution is -0.123. The largest absolute Gasteiger partial charge is 0.318 e. The van der Waals surface area contributed by atoms with Crippen LogP contribution in [0.1, 0.15) is 0 Å². The Hall–Kier alpha value is -0.620. The van der Waals surface area contributed by atoms with Gasteiger partial charge in [0.05, 0.1) is 6.54 Å². The van der Waals surface area contributed by atoms with Gasteiger partial charge in [0.25, 0.3) is 0 Å². The van der Waals surface area contributed by atoms with E-state index >= 15 is 0 Å². The summed E-state index contributed by atoms with van der Waals surface area (Å²) in [5.41, 5.74) is 6.42. The molecule has 0 aliphatic carbocycles. The summed E-state index contributed by atoms with van der Waals surface area (Å²) in [5.74, 6) is 0.0150. The van der Waals surface area contributed by atoms with Gasteiger partial charge in [0.2, 0.25) is 5.91 Å². The first-order valence-electron chi connectivity index (χ1n) is 4.01. The smallest absolute Gasteiger partial charge is 0.245 e. The zero-order valence-corrected chi connectivity index (χ0v) is 9.06. The fourth-order valence-electron chi connectivity index (χ4n) is 1.31. The van der Waals surface area contributed by atoms with Crippen LogP contribution in [0.15, 0.2) is 24.3 Å². The molecule has 1 aromatic carbocycles. The first-order valence-corrected chi connectivity index (χ1v) is 5.09. The predicted octanol–water partition coefficient (Wildman–Crippen LogP) is 0.965. The first-order chi connectivity index (χ1) is 6.18. The van der Waals surface area contributed by atoms with Crippen LogP contribution in [-0.2, 0) is 4.79 Å². The van der Waals surface area contributed by atoms with Gasteiger partial charge in [-0.25, -0.2) is 0 Å². The van der Waals surface area contributed by atoms with Crippen LogP contribution >= 0.6 is 22.6 Å². The van der Waals surface area contributed by atoms with Crippen molar-refractivity contribution in [1.82, 2.24) is 0 Å². The number of amides is 1. The molecule has 4 heteroatoms. The van der Waals surface area contributed by atoms with Crippen LogP contribution in [-0.4, -0.2) is 18.5 Å². The Morgan fingerprint density at radius 1 is 1.38 bits per heavy atom. The summed E-state index contributed by atoms with van der Waals surface area (Å²) in [5, 5.41) is 0. The standard InChI is InChI=1S/C9H9IN2O/c10-6-1-3-7(4-2-6)12-5-8(11)9(12)13/h1-4,8H,5,11H2. The van der Waals surface area contributed by atoms with E-state index in [-0.39, 0.29) is 11.9 Å². The van der Waals surface area contributed by atoms with Gasteiger partial charge in [0.1, 0.15) is 6.04 Å². The Balaban J connectivity index is 2.19. The molecule has 1 amide bonds. The summed E-state index contributed by atoms with van der Waals surface area (Å²) in [6.07, 6.45) is 0. The average Bonchev–Trinajstić information content (AvgIpc) is 2.15. The summed E-state index contributed by atoms with van der Waals surface area (Å²) in [6.45, 7) is 0.638. The van der Waals surface area contributed by atoms with Crippen LogP contribution in [0.25, 0.3) is 0 Å². The van der Waals surface area contributed by atoms with E-state index in [1.807, 2.05) is 24.3 Å². The van der Waals surface area contributed by atoms with Gasteiger partial charge in [0.15, 0.2) is 0 Å². The van der Waals surface area contributed by atoms with Crippen molar-refractivity contribution in [3.63, 3.8) is 0 Å². The molecule has 1 unspecified atom stereocenters. The maximum Gasteiger partial charge on any atom is 0.245 e. The van der Waals surface area contributed by atoms with Gasteiger partial charge in [0, 0.05) is 9.26 Å². The van der Waals surface area contributed by atoms with E-state index < -0.39 is 0 Å². The molecule has 0 spiro atoms. The third-order valence-corrected chi connectivity index (χ3v) is 2.82. The number of nitrogens with zero attached hydrogens (tertiary/aromatic N) is 1. The summed E-state index contributed by atoms with van der Waals surface area (Å²) in [4.78, 5) is 12.9. The molecule has 1 fully saturated rings. The van der Waals surface area contributed by atoms with Crippen LogP contribution in [0.2, 0.25) is 0 Å². The Bertz CT molecular complexity index is 336. The van der Waals surface area contributed by atoms with E-state index in [9.17, 15) is 4.79 Å². The highest BCUT2D eigenvalue weighted by atomic mass is 127. The van der Waals surface area contributed by atoms with Crippen molar-refractivity contribution in [1.29, 1.82) is 0 Å². The third-order valence-electron chi connectivity index (χ3n) is 2.10. The lowest BCUT2D eigenvalue weighted by atomic mass is 10.1. The zero-order chi connectivity index (χ0) is 9.42. The number of hydrogen-bond acceptors (Lipinski definition) is 2. The molecule has 0 aromatic heterocycles. The SMILES string of the molecule is NC1CN(c2ccc(I)cc2)C1=O. The number of nitrogens with two attached hydrogens (primary N) is 1. The quantitative estimate of drug-likeness (QED) is 0.618. The summed E-state index contributed by atoms with van der Waals surface area (Å²) in [6, 6.07) is 7.54. The van der Waals surface area contributed by atoms with Crippen LogP contribution in [0.3, 0.4) is 0 Å². The number of hydrogen-bond donors (Lipinski definition) is 1. The maximum absolute atomic E-state index is 11.2. The van der Waals surface area contributed by atoms with Crippen molar-refractivity contribution < 1.29 is 4.79 Å². The summed E-state index contributed by atoms with van der Waals surface area (Å²) in [7, 11) is 0. The molecule has 1 aromatic rings. The second-order valence-corrected chi connectivity index (χ2v) is 4.28. The van der Waals surface area contributed by atoms with E-state index in [0.29, 0.717) is 6.54 Å². The molecule has 1 atom stereocenters. The van der Waals surface area contributed by atoms with Gasteiger partial charge < -0.3 is 10.6 Å². The van der Waals surface area contributed by atoms with E-state index in [4.69, 9.17) is 5.73 Å². The lowest BCUT2D eigenvalue weighted by Gasteiger charge is -2.36. The van der Waals surface area contributed by atoms with Gasteiger partial charge in [-0.2, -0.15) is 0 Å². The van der Waals surface area contributed by atoms with Crippen LogP contribution in [0, 0.1) is 3.57 Å². The van der Waals surface area contributed by atoms with Gasteiger partial charge >= 0.3 is 0 Å². The summed E-state index contributed by atoms with van der Waals surface area (Å²) < 4.78 is 1.17. The van der Waals surface area contributed by atoms with Gasteiger partial charge in [-0.05, 0) is 46.9 Å². The highest BCUT2D eigenvalue weighted by molar-refractivity contribution is 14.1. The molecule has 3 nitrogen and oxygen atoms in total. The van der Waals surface area contributed by atoms with Crippen molar-refractivity contribution in [3.05, 3.63) is 27.8 Å². The molecule has 1 heterocycles. The first kappa shape index (κ1) is 8.96. The second kappa shape index (κ2) is 3.26. The van der Waals surface area contributed by atoms with Crippen molar-refractivity contribution in [2.45, 2.75) is 6.04 Å². The molecule has 1 aliphatic heterocycles. The highest BCUT2D eigenvalue weighted by Crippen LogP contribution is 2.21. The molecule has 68 valence electrons. The Morgan fingerprint density at radius 3 is 2.46 bits per heavy atom. The number of rotatable bonds is 1. The number of carbonyl (C=O) groups is 1. The minimum Gasteiger partial charge on any atom is -0.318 e. The topological polar surface area (TPSA) is 46.3 Å². The van der Waals surface area contributed by atoms with Gasteiger partial charge in [-0.1, -0.05) is 0 Å². The van der Waals surface area contributed by atoms with E-state index in [1.165, 1.54) is 3.57 Å². The Morgan fingerprint density at radius 2 is 2.00 bits per heavy atom. The van der Waals surface area contributed by atoms with Crippen LogP contribution < -0.4 is 10.6 Å². The average molecular weight is 288 g/mol. The molecule has 1 saturated heterocycles. The minimum atomic E-state index is -0.292. The number of benzene rings is 1. The van der Waals surface area contributed by atoms with Gasteiger partial charge in [-0.3, -0.25) is 4.79 Å². The number of β-lactam (4-membered cyclic amide) rings is 1. The molecular weight excluding hydrogens is 279 g/mol. The second-order valence-electron chi connectivity index (χ2n) is 3.03. The summed E-state index contributed by atoms with van der Waals surface area (Å²) >= 11 is 2.23. The normalized spacial score (nSPS) is 21.5. The number of anilines is 1. The van der Waals surface area contributed by atoms with E-state index in [1.54, 1.807) is 4.90 Å². The van der Waals surface area contributed by atoms with Crippen LogP contribution in [0.5, 0.6) is 0 Å². The van der Waals surface area contributed by atoms with Crippen molar-refractivity contribution >= 4 is 34.2 Å². The third kappa shape index (κ3) is 1.55. The van der Waals surface area contributed by atoms with Crippen LogP contribution in [0.4, 0.5) is 5.69 Å². The fourth-order valence-corrected chi connectivity index (χ4v) is 1.67. The predicted molar refractivity (Wildman–Crippen MR) is 59.5 cm³/mol. The van der Waals surface area contributed by atoms with Gasteiger partial charge in [-0.15, -0.1) is 0 Å². The number of halogens is 1. The van der Waals surface area contributed by atoms with Crippen molar-refractivity contribution in [2.75, 3.05) is 11.4 Å².